The number of rotatable bonds is 6. The first kappa shape index (κ1) is 23.2. The molecular weight excluding hydrogens is 452 g/mol. The second-order valence-corrected chi connectivity index (χ2v) is 7.40. The van der Waals surface area contributed by atoms with Crippen LogP contribution < -0.4 is 11.0 Å². The van der Waals surface area contributed by atoms with E-state index in [-0.39, 0.29) is 11.4 Å². The van der Waals surface area contributed by atoms with Crippen LogP contribution in [0.25, 0.3) is 0 Å². The van der Waals surface area contributed by atoms with Crippen molar-refractivity contribution in [1.82, 2.24) is 9.55 Å². The lowest BCUT2D eigenvalue weighted by molar-refractivity contribution is -0.142. The molecule has 0 spiro atoms. The molecule has 3 aromatic rings. The van der Waals surface area contributed by atoms with E-state index in [2.05, 4.69) is 10.3 Å². The smallest absolute Gasteiger partial charge is 0.351 e. The fraction of sp³-hybridized carbons (Fsp3) is 0.217. The number of nitrogens with zero attached hydrogens (tertiary/aromatic N) is 2. The van der Waals surface area contributed by atoms with Crippen molar-refractivity contribution in [3.8, 4) is 0 Å². The van der Waals surface area contributed by atoms with Crippen molar-refractivity contribution in [2.24, 2.45) is 0 Å². The predicted molar refractivity (Wildman–Crippen MR) is 114 cm³/mol. The second kappa shape index (κ2) is 9.49. The molecule has 0 unspecified atom stereocenters. The summed E-state index contributed by atoms with van der Waals surface area (Å²) in [4.78, 5) is 40.7. The average Bonchev–Trinajstić information content (AvgIpc) is 3.09. The lowest BCUT2D eigenvalue weighted by Gasteiger charge is -2.24. The molecule has 1 aromatic heterocycles. The highest BCUT2D eigenvalue weighted by molar-refractivity contribution is 6.03. The minimum absolute atomic E-state index is 0.0378. The van der Waals surface area contributed by atoms with Gasteiger partial charge in [-0.05, 0) is 30.3 Å². The Hall–Kier alpha value is -3.96. The third kappa shape index (κ3) is 4.56. The largest absolute Gasteiger partial charge is 0.449 e. The van der Waals surface area contributed by atoms with E-state index in [0.29, 0.717) is 10.1 Å². The van der Waals surface area contributed by atoms with Crippen LogP contribution in [0.15, 0.2) is 77.7 Å². The van der Waals surface area contributed by atoms with Gasteiger partial charge >= 0.3 is 17.6 Å². The monoisotopic (exact) mass is 471 g/mol. The van der Waals surface area contributed by atoms with Gasteiger partial charge in [0.25, 0.3) is 5.91 Å². The maximum atomic E-state index is 15.2. The van der Waals surface area contributed by atoms with Gasteiger partial charge in [-0.2, -0.15) is 13.8 Å². The molecule has 0 bridgehead atoms. The van der Waals surface area contributed by atoms with Crippen molar-refractivity contribution in [2.45, 2.75) is 24.4 Å². The molecule has 2 N–H and O–H groups in total. The van der Waals surface area contributed by atoms with E-state index in [1.165, 1.54) is 24.3 Å². The number of amides is 1. The predicted octanol–water partition coefficient (Wildman–Crippen LogP) is 2.25. The van der Waals surface area contributed by atoms with E-state index in [1.807, 2.05) is 0 Å². The highest BCUT2D eigenvalue weighted by Crippen LogP contribution is 2.44. The summed E-state index contributed by atoms with van der Waals surface area (Å²) in [5, 5.41) is 11.9. The molecule has 0 aliphatic carbocycles. The van der Waals surface area contributed by atoms with E-state index in [0.717, 1.165) is 12.3 Å². The van der Waals surface area contributed by atoms with Crippen LogP contribution in [0.4, 0.5) is 14.6 Å². The Labute approximate surface area is 191 Å². The van der Waals surface area contributed by atoms with E-state index >= 15 is 8.78 Å². The molecule has 2 heterocycles. The van der Waals surface area contributed by atoms with Crippen molar-refractivity contribution in [1.29, 1.82) is 0 Å². The number of anilines is 1. The molecule has 1 aliphatic heterocycles. The van der Waals surface area contributed by atoms with Crippen molar-refractivity contribution >= 4 is 17.7 Å². The highest BCUT2D eigenvalue weighted by Gasteiger charge is 2.62. The number of benzene rings is 2. The summed E-state index contributed by atoms with van der Waals surface area (Å²) in [5.41, 5.74) is -0.786. The Morgan fingerprint density at radius 2 is 1.68 bits per heavy atom. The van der Waals surface area contributed by atoms with Crippen LogP contribution in [0.3, 0.4) is 0 Å². The Morgan fingerprint density at radius 3 is 2.26 bits per heavy atom. The fourth-order valence-corrected chi connectivity index (χ4v) is 3.46. The number of ether oxygens (including phenoxy) is 2. The van der Waals surface area contributed by atoms with Crippen LogP contribution in [-0.4, -0.2) is 51.3 Å². The lowest BCUT2D eigenvalue weighted by atomic mass is 10.1. The van der Waals surface area contributed by atoms with Crippen molar-refractivity contribution < 1.29 is 33.0 Å². The minimum Gasteiger partial charge on any atom is -0.449 e. The number of halogens is 2. The van der Waals surface area contributed by atoms with Gasteiger partial charge in [-0.25, -0.2) is 9.59 Å². The van der Waals surface area contributed by atoms with Gasteiger partial charge in [-0.3, -0.25) is 9.36 Å². The van der Waals surface area contributed by atoms with E-state index in [1.54, 1.807) is 36.4 Å². The maximum Gasteiger partial charge on any atom is 0.351 e. The number of alkyl halides is 2. The molecule has 3 atom stereocenters. The van der Waals surface area contributed by atoms with E-state index < -0.39 is 48.5 Å². The van der Waals surface area contributed by atoms with Gasteiger partial charge in [0.2, 0.25) is 6.23 Å². The van der Waals surface area contributed by atoms with Crippen LogP contribution in [-0.2, 0) is 9.47 Å². The molecule has 34 heavy (non-hydrogen) atoms. The number of hydrogen-bond donors (Lipinski definition) is 2. The van der Waals surface area contributed by atoms with Crippen LogP contribution >= 0.6 is 0 Å². The van der Waals surface area contributed by atoms with Gasteiger partial charge in [0.1, 0.15) is 11.9 Å². The van der Waals surface area contributed by atoms with E-state index in [4.69, 9.17) is 9.47 Å². The number of aliphatic hydroxyl groups is 1. The van der Waals surface area contributed by atoms with Crippen molar-refractivity contribution in [3.05, 3.63) is 94.5 Å². The molecule has 0 radical (unpaired) electrons. The summed E-state index contributed by atoms with van der Waals surface area (Å²) >= 11 is 0. The number of carbonyl (C=O) groups is 2. The molecule has 1 saturated heterocycles. The molecule has 9 nitrogen and oxygen atoms in total. The van der Waals surface area contributed by atoms with Gasteiger partial charge in [-0.1, -0.05) is 36.4 Å². The molecular formula is C23H19F2N3O6. The number of hydrogen-bond acceptors (Lipinski definition) is 7. The van der Waals surface area contributed by atoms with Gasteiger partial charge in [-0.15, -0.1) is 0 Å². The van der Waals surface area contributed by atoms with Gasteiger partial charge < -0.3 is 19.9 Å². The second-order valence-electron chi connectivity index (χ2n) is 7.40. The average molecular weight is 471 g/mol. The number of esters is 1. The van der Waals surface area contributed by atoms with Gasteiger partial charge in [0.15, 0.2) is 6.10 Å². The summed E-state index contributed by atoms with van der Waals surface area (Å²) in [6.45, 7) is -0.883. The standard InChI is InChI=1S/C23H19F2N3O6/c24-23(25)18(34-20(31)15-9-5-2-6-10-15)16(13-29)33-21(23)28-12-11-17(27-22(28)32)26-19(30)14-7-3-1-4-8-14/h1-12,16,18,21,29H,13H2,(H,26,27,30,32)/t16-,18+,21-/m1/s1. The Balaban J connectivity index is 1.54. The molecule has 11 heteroatoms. The SMILES string of the molecule is O=C(Nc1ccn([C@@H]2O[C@H](CO)[C@H](OC(=O)c3ccccc3)C2(F)F)c(=O)n1)c1ccccc1. The third-order valence-electron chi connectivity index (χ3n) is 5.13. The van der Waals surface area contributed by atoms with Crippen LogP contribution in [0.2, 0.25) is 0 Å². The summed E-state index contributed by atoms with van der Waals surface area (Å²) in [6, 6.07) is 16.8. The Morgan fingerprint density at radius 1 is 1.06 bits per heavy atom. The zero-order valence-corrected chi connectivity index (χ0v) is 17.5. The van der Waals surface area contributed by atoms with Crippen molar-refractivity contribution in [3.63, 3.8) is 0 Å². The summed E-state index contributed by atoms with van der Waals surface area (Å²) in [6.07, 6.45) is -4.96. The first-order valence-electron chi connectivity index (χ1n) is 10.2. The highest BCUT2D eigenvalue weighted by atomic mass is 19.3. The zero-order valence-electron chi connectivity index (χ0n) is 17.5. The molecule has 0 saturated carbocycles. The molecule has 1 amide bonds. The number of aliphatic hydroxyl groups excluding tert-OH is 1. The lowest BCUT2D eigenvalue weighted by Crippen LogP contribution is -2.44. The first-order valence-corrected chi connectivity index (χ1v) is 10.2. The number of aromatic nitrogens is 2. The molecule has 1 aliphatic rings. The summed E-state index contributed by atoms with van der Waals surface area (Å²) in [5.74, 6) is -5.60. The zero-order chi connectivity index (χ0) is 24.3. The maximum absolute atomic E-state index is 15.2. The third-order valence-corrected chi connectivity index (χ3v) is 5.13. The number of carbonyl (C=O) groups excluding carboxylic acids is 2. The Bertz CT molecular complexity index is 1240. The van der Waals surface area contributed by atoms with Crippen LogP contribution in [0, 0.1) is 0 Å². The Kier molecular flexibility index (Phi) is 6.48. The fourth-order valence-electron chi connectivity index (χ4n) is 3.46. The molecule has 2 aromatic carbocycles. The van der Waals surface area contributed by atoms with E-state index in [9.17, 15) is 19.5 Å². The molecule has 176 valence electrons. The molecule has 4 rings (SSSR count). The topological polar surface area (TPSA) is 120 Å². The minimum atomic E-state index is -3.88. The van der Waals surface area contributed by atoms with Crippen LogP contribution in [0.5, 0.6) is 0 Å². The quantitative estimate of drug-likeness (QED) is 0.529. The number of nitrogens with one attached hydrogen (secondary N) is 1. The van der Waals surface area contributed by atoms with Gasteiger partial charge in [0, 0.05) is 11.8 Å². The first-order chi connectivity index (χ1) is 16.3. The van der Waals surface area contributed by atoms with Gasteiger partial charge in [0.05, 0.1) is 12.2 Å². The summed E-state index contributed by atoms with van der Waals surface area (Å²) < 4.78 is 41.1. The van der Waals surface area contributed by atoms with Crippen molar-refractivity contribution in [2.75, 3.05) is 11.9 Å². The molecule has 1 fully saturated rings. The van der Waals surface area contributed by atoms with Crippen LogP contribution in [0.1, 0.15) is 26.9 Å². The normalized spacial score (nSPS) is 21.1. The summed E-state index contributed by atoms with van der Waals surface area (Å²) in [7, 11) is 0.